The standard InChI is InChI=1S/C10H9BrN2O2S/c11-7-2-1-6(8(12)3-7)4-13-9(14)5-16-10(13)15/h1-3H,4-5,12H2. The maximum atomic E-state index is 11.4. The van der Waals surface area contributed by atoms with Crippen LogP contribution in [-0.2, 0) is 11.3 Å². The van der Waals surface area contributed by atoms with Crippen molar-refractivity contribution in [1.29, 1.82) is 0 Å². The van der Waals surface area contributed by atoms with Gasteiger partial charge in [0.2, 0.25) is 5.91 Å². The number of carbonyl (C=O) groups is 2. The molecule has 2 N–H and O–H groups in total. The molecule has 1 aromatic rings. The largest absolute Gasteiger partial charge is 0.398 e. The fourth-order valence-corrected chi connectivity index (χ4v) is 2.52. The molecular weight excluding hydrogens is 292 g/mol. The summed E-state index contributed by atoms with van der Waals surface area (Å²) in [7, 11) is 0. The highest BCUT2D eigenvalue weighted by Crippen LogP contribution is 2.25. The molecule has 4 nitrogen and oxygen atoms in total. The van der Waals surface area contributed by atoms with Gasteiger partial charge in [-0.1, -0.05) is 33.8 Å². The smallest absolute Gasteiger partial charge is 0.289 e. The number of carbonyl (C=O) groups excluding carboxylic acids is 2. The van der Waals surface area contributed by atoms with Crippen molar-refractivity contribution in [1.82, 2.24) is 4.90 Å². The molecule has 0 radical (unpaired) electrons. The Hall–Kier alpha value is -1.01. The van der Waals surface area contributed by atoms with Crippen LogP contribution >= 0.6 is 27.7 Å². The van der Waals surface area contributed by atoms with Crippen molar-refractivity contribution in [2.75, 3.05) is 11.5 Å². The Kier molecular flexibility index (Phi) is 3.20. The van der Waals surface area contributed by atoms with Crippen LogP contribution in [0.2, 0.25) is 0 Å². The van der Waals surface area contributed by atoms with Gasteiger partial charge < -0.3 is 5.73 Å². The molecule has 84 valence electrons. The molecular formula is C10H9BrN2O2S. The summed E-state index contributed by atoms with van der Waals surface area (Å²) < 4.78 is 0.877. The Morgan fingerprint density at radius 3 is 2.75 bits per heavy atom. The van der Waals surface area contributed by atoms with E-state index in [4.69, 9.17) is 5.73 Å². The van der Waals surface area contributed by atoms with Gasteiger partial charge in [0.05, 0.1) is 12.3 Å². The number of nitrogens with zero attached hydrogens (tertiary/aromatic N) is 1. The number of rotatable bonds is 2. The zero-order chi connectivity index (χ0) is 11.7. The number of hydrogen-bond acceptors (Lipinski definition) is 4. The monoisotopic (exact) mass is 300 g/mol. The van der Waals surface area contributed by atoms with Gasteiger partial charge in [-0.3, -0.25) is 14.5 Å². The summed E-state index contributed by atoms with van der Waals surface area (Å²) in [6, 6.07) is 5.40. The van der Waals surface area contributed by atoms with Crippen LogP contribution in [0.1, 0.15) is 5.56 Å². The Morgan fingerprint density at radius 2 is 2.19 bits per heavy atom. The molecule has 0 aromatic heterocycles. The number of amides is 2. The first-order valence-electron chi connectivity index (χ1n) is 4.59. The molecule has 0 spiro atoms. The van der Waals surface area contributed by atoms with Crippen molar-refractivity contribution < 1.29 is 9.59 Å². The average molecular weight is 301 g/mol. The van der Waals surface area contributed by atoms with Gasteiger partial charge in [0, 0.05) is 10.2 Å². The molecule has 0 unspecified atom stereocenters. The molecule has 0 bridgehead atoms. The van der Waals surface area contributed by atoms with Gasteiger partial charge in [-0.05, 0) is 17.7 Å². The van der Waals surface area contributed by atoms with Crippen molar-refractivity contribution in [3.05, 3.63) is 28.2 Å². The molecule has 6 heteroatoms. The summed E-state index contributed by atoms with van der Waals surface area (Å²) in [6.07, 6.45) is 0. The number of imide groups is 1. The summed E-state index contributed by atoms with van der Waals surface area (Å²) in [4.78, 5) is 24.0. The number of hydrogen-bond donors (Lipinski definition) is 1. The molecule has 1 fully saturated rings. The fraction of sp³-hybridized carbons (Fsp3) is 0.200. The summed E-state index contributed by atoms with van der Waals surface area (Å²) >= 11 is 4.33. The SMILES string of the molecule is Nc1cc(Br)ccc1CN1C(=O)CSC1=O. The van der Waals surface area contributed by atoms with E-state index in [0.717, 1.165) is 21.8 Å². The van der Waals surface area contributed by atoms with E-state index < -0.39 is 0 Å². The number of nitrogens with two attached hydrogens (primary N) is 1. The lowest BCUT2D eigenvalue weighted by molar-refractivity contribution is -0.125. The molecule has 2 rings (SSSR count). The lowest BCUT2D eigenvalue weighted by Gasteiger charge is -2.14. The van der Waals surface area contributed by atoms with Gasteiger partial charge in [-0.2, -0.15) is 0 Å². The number of anilines is 1. The van der Waals surface area contributed by atoms with E-state index in [0.29, 0.717) is 5.69 Å². The van der Waals surface area contributed by atoms with Crippen LogP contribution in [0.5, 0.6) is 0 Å². The summed E-state index contributed by atoms with van der Waals surface area (Å²) in [5.74, 6) is 0.0762. The minimum Gasteiger partial charge on any atom is -0.398 e. The third-order valence-corrected chi connectivity index (χ3v) is 3.63. The highest BCUT2D eigenvalue weighted by atomic mass is 79.9. The second-order valence-corrected chi connectivity index (χ2v) is 5.22. The van der Waals surface area contributed by atoms with E-state index in [1.807, 2.05) is 12.1 Å². The maximum absolute atomic E-state index is 11.4. The third-order valence-electron chi connectivity index (χ3n) is 2.28. The van der Waals surface area contributed by atoms with Crippen LogP contribution in [0, 0.1) is 0 Å². The number of halogens is 1. The zero-order valence-corrected chi connectivity index (χ0v) is 10.7. The third kappa shape index (κ3) is 2.22. The first-order chi connectivity index (χ1) is 7.58. The fourth-order valence-electron chi connectivity index (χ4n) is 1.41. The Bertz CT molecular complexity index is 448. The van der Waals surface area contributed by atoms with Gasteiger partial charge >= 0.3 is 0 Å². The van der Waals surface area contributed by atoms with E-state index in [1.54, 1.807) is 6.07 Å². The summed E-state index contributed by atoms with van der Waals surface area (Å²) in [5, 5.41) is -0.202. The molecule has 1 aromatic carbocycles. The highest BCUT2D eigenvalue weighted by Gasteiger charge is 2.30. The predicted molar refractivity (Wildman–Crippen MR) is 67.0 cm³/mol. The minimum absolute atomic E-state index is 0.155. The normalized spacial score (nSPS) is 15.9. The zero-order valence-electron chi connectivity index (χ0n) is 8.27. The second-order valence-electron chi connectivity index (χ2n) is 3.38. The van der Waals surface area contributed by atoms with Crippen molar-refractivity contribution in [2.24, 2.45) is 0 Å². The molecule has 0 saturated carbocycles. The summed E-state index contributed by atoms with van der Waals surface area (Å²) in [5.41, 5.74) is 7.16. The van der Waals surface area contributed by atoms with Gasteiger partial charge in [0.25, 0.3) is 5.24 Å². The maximum Gasteiger partial charge on any atom is 0.289 e. The van der Waals surface area contributed by atoms with Gasteiger partial charge in [0.15, 0.2) is 0 Å². The van der Waals surface area contributed by atoms with E-state index in [1.165, 1.54) is 4.90 Å². The van der Waals surface area contributed by atoms with Gasteiger partial charge in [-0.15, -0.1) is 0 Å². The summed E-state index contributed by atoms with van der Waals surface area (Å²) in [6.45, 7) is 0.254. The number of nitrogen functional groups attached to an aromatic ring is 1. The van der Waals surface area contributed by atoms with Crippen molar-refractivity contribution in [2.45, 2.75) is 6.54 Å². The van der Waals surface area contributed by atoms with Crippen LogP contribution in [0.4, 0.5) is 10.5 Å². The Morgan fingerprint density at radius 1 is 1.44 bits per heavy atom. The molecule has 1 saturated heterocycles. The lowest BCUT2D eigenvalue weighted by Crippen LogP contribution is -2.28. The number of benzene rings is 1. The number of thioether (sulfide) groups is 1. The predicted octanol–water partition coefficient (Wildman–Crippen LogP) is 2.23. The topological polar surface area (TPSA) is 63.4 Å². The Labute approximate surface area is 105 Å². The molecule has 1 heterocycles. The molecule has 1 aliphatic heterocycles. The van der Waals surface area contributed by atoms with Crippen LogP contribution in [0.15, 0.2) is 22.7 Å². The molecule has 1 aliphatic rings. The van der Waals surface area contributed by atoms with E-state index >= 15 is 0 Å². The van der Waals surface area contributed by atoms with Crippen LogP contribution in [0.3, 0.4) is 0 Å². The molecule has 0 atom stereocenters. The van der Waals surface area contributed by atoms with Crippen LogP contribution in [-0.4, -0.2) is 21.8 Å². The van der Waals surface area contributed by atoms with E-state index in [9.17, 15) is 9.59 Å². The second kappa shape index (κ2) is 4.47. The van der Waals surface area contributed by atoms with Crippen LogP contribution in [0.25, 0.3) is 0 Å². The van der Waals surface area contributed by atoms with Crippen molar-refractivity contribution in [3.8, 4) is 0 Å². The van der Waals surface area contributed by atoms with E-state index in [-0.39, 0.29) is 23.4 Å². The van der Waals surface area contributed by atoms with Crippen LogP contribution < -0.4 is 5.73 Å². The van der Waals surface area contributed by atoms with E-state index in [2.05, 4.69) is 15.9 Å². The van der Waals surface area contributed by atoms with Gasteiger partial charge in [0.1, 0.15) is 0 Å². The average Bonchev–Trinajstić information content (AvgIpc) is 2.53. The van der Waals surface area contributed by atoms with Crippen molar-refractivity contribution in [3.63, 3.8) is 0 Å². The molecule has 0 aliphatic carbocycles. The quantitative estimate of drug-likeness (QED) is 0.851. The first-order valence-corrected chi connectivity index (χ1v) is 6.37. The molecule has 16 heavy (non-hydrogen) atoms. The first kappa shape index (κ1) is 11.5. The van der Waals surface area contributed by atoms with Crippen molar-refractivity contribution >= 4 is 44.5 Å². The van der Waals surface area contributed by atoms with Gasteiger partial charge in [-0.25, -0.2) is 0 Å². The minimum atomic E-state index is -0.202. The Balaban J connectivity index is 2.20. The molecule has 2 amide bonds. The lowest BCUT2D eigenvalue weighted by atomic mass is 10.2. The highest BCUT2D eigenvalue weighted by molar-refractivity contribution is 9.10.